The Morgan fingerprint density at radius 2 is 2.00 bits per heavy atom. The van der Waals surface area contributed by atoms with E-state index >= 15 is 0 Å². The minimum atomic E-state index is -0.434. The van der Waals surface area contributed by atoms with Crippen LogP contribution in [0.3, 0.4) is 0 Å². The molecule has 17 heavy (non-hydrogen) atoms. The largest absolute Gasteiger partial charge is 0.508 e. The van der Waals surface area contributed by atoms with Gasteiger partial charge in [0.2, 0.25) is 0 Å². The predicted octanol–water partition coefficient (Wildman–Crippen LogP) is 2.03. The van der Waals surface area contributed by atoms with Gasteiger partial charge >= 0.3 is 0 Å². The molecule has 3 nitrogen and oxygen atoms in total. The van der Waals surface area contributed by atoms with Crippen LogP contribution < -0.4 is 5.32 Å². The van der Waals surface area contributed by atoms with E-state index in [0.29, 0.717) is 18.5 Å². The van der Waals surface area contributed by atoms with Crippen molar-refractivity contribution in [3.05, 3.63) is 29.6 Å². The lowest BCUT2D eigenvalue weighted by Gasteiger charge is -2.24. The van der Waals surface area contributed by atoms with Crippen molar-refractivity contribution in [1.29, 1.82) is 0 Å². The molecule has 0 aromatic heterocycles. The fraction of sp³-hybridized carbons (Fsp3) is 0.538. The molecule has 0 fully saturated rings. The smallest absolute Gasteiger partial charge is 0.127 e. The molecule has 0 heterocycles. The number of hydrogen-bond acceptors (Lipinski definition) is 3. The Balaban J connectivity index is 2.45. The Kier molecular flexibility index (Phi) is 4.90. The highest BCUT2D eigenvalue weighted by Crippen LogP contribution is 2.19. The monoisotopic (exact) mass is 241 g/mol. The number of aliphatic hydroxyl groups excluding tert-OH is 1. The molecule has 0 atom stereocenters. The van der Waals surface area contributed by atoms with Crippen LogP contribution in [0, 0.1) is 11.2 Å². The second-order valence-corrected chi connectivity index (χ2v) is 5.06. The predicted molar refractivity (Wildman–Crippen MR) is 65.3 cm³/mol. The maximum Gasteiger partial charge on any atom is 0.127 e. The van der Waals surface area contributed by atoms with Gasteiger partial charge in [-0.05, 0) is 29.5 Å². The normalized spacial score (nSPS) is 11.8. The zero-order valence-electron chi connectivity index (χ0n) is 10.3. The van der Waals surface area contributed by atoms with Crippen LogP contribution >= 0.6 is 0 Å². The van der Waals surface area contributed by atoms with Crippen LogP contribution in [0.25, 0.3) is 0 Å². The summed E-state index contributed by atoms with van der Waals surface area (Å²) in [5.74, 6) is -0.493. The maximum absolute atomic E-state index is 13.0. The van der Waals surface area contributed by atoms with Gasteiger partial charge in [0, 0.05) is 25.8 Å². The first-order chi connectivity index (χ1) is 7.93. The van der Waals surface area contributed by atoms with Gasteiger partial charge in [-0.3, -0.25) is 0 Å². The number of rotatable bonds is 6. The molecule has 4 heteroatoms. The Morgan fingerprint density at radius 3 is 2.59 bits per heavy atom. The van der Waals surface area contributed by atoms with Gasteiger partial charge in [-0.15, -0.1) is 0 Å². The number of aromatic hydroxyl groups is 1. The van der Waals surface area contributed by atoms with Crippen LogP contribution in [-0.4, -0.2) is 23.4 Å². The highest BCUT2D eigenvalue weighted by Gasteiger charge is 2.16. The number of nitrogens with one attached hydrogen (secondary N) is 1. The third kappa shape index (κ3) is 5.15. The van der Waals surface area contributed by atoms with E-state index in [0.717, 1.165) is 12.6 Å². The summed E-state index contributed by atoms with van der Waals surface area (Å²) in [6, 6.07) is 4.01. The van der Waals surface area contributed by atoms with Crippen molar-refractivity contribution < 1.29 is 14.6 Å². The zero-order chi connectivity index (χ0) is 12.9. The van der Waals surface area contributed by atoms with Crippen molar-refractivity contribution in [2.75, 3.05) is 13.2 Å². The highest BCUT2D eigenvalue weighted by atomic mass is 19.1. The third-order valence-corrected chi connectivity index (χ3v) is 2.66. The van der Waals surface area contributed by atoms with Gasteiger partial charge in [-0.1, -0.05) is 13.8 Å². The van der Waals surface area contributed by atoms with Crippen LogP contribution in [0.4, 0.5) is 4.39 Å². The van der Waals surface area contributed by atoms with Crippen molar-refractivity contribution in [1.82, 2.24) is 5.32 Å². The molecule has 0 bridgehead atoms. The number of phenols is 1. The highest BCUT2D eigenvalue weighted by molar-refractivity contribution is 5.28. The third-order valence-electron chi connectivity index (χ3n) is 2.66. The summed E-state index contributed by atoms with van der Waals surface area (Å²) < 4.78 is 13.0. The fourth-order valence-corrected chi connectivity index (χ4v) is 1.67. The molecule has 1 aromatic rings. The van der Waals surface area contributed by atoms with Gasteiger partial charge in [0.05, 0.1) is 0 Å². The van der Waals surface area contributed by atoms with Crippen molar-refractivity contribution in [2.45, 2.75) is 26.8 Å². The van der Waals surface area contributed by atoms with E-state index in [9.17, 15) is 9.50 Å². The summed E-state index contributed by atoms with van der Waals surface area (Å²) in [6.07, 6.45) is 0.717. The number of halogens is 1. The molecule has 1 rings (SSSR count). The molecule has 1 aromatic carbocycles. The first-order valence-electron chi connectivity index (χ1n) is 5.73. The molecule has 0 radical (unpaired) electrons. The lowest BCUT2D eigenvalue weighted by molar-refractivity contribution is 0.207. The van der Waals surface area contributed by atoms with E-state index in [1.54, 1.807) is 0 Å². The molecule has 0 spiro atoms. The standard InChI is InChI=1S/C13H20FNO2/c1-13(2,3-4-16)9-15-8-10-5-11(14)7-12(17)6-10/h5-7,15-17H,3-4,8-9H2,1-2H3. The molecule has 0 amide bonds. The Hall–Kier alpha value is -1.13. The second kappa shape index (κ2) is 5.98. The van der Waals surface area contributed by atoms with Crippen LogP contribution in [0.1, 0.15) is 25.8 Å². The van der Waals surface area contributed by atoms with Gasteiger partial charge < -0.3 is 15.5 Å². The topological polar surface area (TPSA) is 52.5 Å². The Bertz CT molecular complexity index is 346. The van der Waals surface area contributed by atoms with Crippen molar-refractivity contribution >= 4 is 0 Å². The van der Waals surface area contributed by atoms with E-state index in [2.05, 4.69) is 19.2 Å². The van der Waals surface area contributed by atoms with Gasteiger partial charge in [-0.25, -0.2) is 4.39 Å². The molecule has 0 aliphatic heterocycles. The molecule has 3 N–H and O–H groups in total. The van der Waals surface area contributed by atoms with Gasteiger partial charge in [0.1, 0.15) is 11.6 Å². The zero-order valence-corrected chi connectivity index (χ0v) is 10.3. The quantitative estimate of drug-likeness (QED) is 0.714. The Morgan fingerprint density at radius 1 is 1.29 bits per heavy atom. The molecule has 0 unspecified atom stereocenters. The molecule has 0 saturated heterocycles. The lowest BCUT2D eigenvalue weighted by atomic mass is 9.90. The molecular weight excluding hydrogens is 221 g/mol. The second-order valence-electron chi connectivity index (χ2n) is 5.06. The van der Waals surface area contributed by atoms with Gasteiger partial charge in [0.25, 0.3) is 0 Å². The van der Waals surface area contributed by atoms with E-state index in [4.69, 9.17) is 5.11 Å². The molecule has 96 valence electrons. The first kappa shape index (κ1) is 13.9. The van der Waals surface area contributed by atoms with E-state index in [1.807, 2.05) is 0 Å². The molecule has 0 aliphatic rings. The number of phenolic OH excluding ortho intramolecular Hbond substituents is 1. The summed E-state index contributed by atoms with van der Waals surface area (Å²) in [5.41, 5.74) is 0.715. The molecular formula is C13H20FNO2. The van der Waals surface area contributed by atoms with Crippen LogP contribution in [0.2, 0.25) is 0 Å². The first-order valence-corrected chi connectivity index (χ1v) is 5.73. The minimum Gasteiger partial charge on any atom is -0.508 e. The van der Waals surface area contributed by atoms with Crippen LogP contribution in [0.5, 0.6) is 5.75 Å². The summed E-state index contributed by atoms with van der Waals surface area (Å²) in [7, 11) is 0. The number of hydrogen-bond donors (Lipinski definition) is 3. The maximum atomic E-state index is 13.0. The Labute approximate surface area is 101 Å². The summed E-state index contributed by atoms with van der Waals surface area (Å²) in [4.78, 5) is 0. The van der Waals surface area contributed by atoms with E-state index in [1.165, 1.54) is 12.1 Å². The van der Waals surface area contributed by atoms with Crippen LogP contribution in [-0.2, 0) is 6.54 Å². The van der Waals surface area contributed by atoms with E-state index in [-0.39, 0.29) is 17.8 Å². The van der Waals surface area contributed by atoms with Crippen molar-refractivity contribution in [2.24, 2.45) is 5.41 Å². The van der Waals surface area contributed by atoms with Crippen LogP contribution in [0.15, 0.2) is 18.2 Å². The van der Waals surface area contributed by atoms with Gasteiger partial charge in [-0.2, -0.15) is 0 Å². The molecule has 0 aliphatic carbocycles. The average molecular weight is 241 g/mol. The number of benzene rings is 1. The average Bonchev–Trinajstić information content (AvgIpc) is 2.15. The molecule has 0 saturated carbocycles. The number of aliphatic hydroxyl groups is 1. The fourth-order valence-electron chi connectivity index (χ4n) is 1.67. The summed E-state index contributed by atoms with van der Waals surface area (Å²) in [5, 5.41) is 21.3. The SMILES string of the molecule is CC(C)(CCO)CNCc1cc(O)cc(F)c1. The van der Waals surface area contributed by atoms with Crippen molar-refractivity contribution in [3.63, 3.8) is 0 Å². The van der Waals surface area contributed by atoms with Crippen molar-refractivity contribution in [3.8, 4) is 5.75 Å². The van der Waals surface area contributed by atoms with Gasteiger partial charge in [0.15, 0.2) is 0 Å². The summed E-state index contributed by atoms with van der Waals surface area (Å²) in [6.45, 7) is 5.50. The minimum absolute atomic E-state index is 0.00409. The van der Waals surface area contributed by atoms with E-state index < -0.39 is 5.82 Å². The summed E-state index contributed by atoms with van der Waals surface area (Å²) >= 11 is 0. The lowest BCUT2D eigenvalue weighted by Crippen LogP contribution is -2.29.